The Kier molecular flexibility index (Phi) is 3.57. The van der Waals surface area contributed by atoms with Crippen molar-refractivity contribution in [2.24, 2.45) is 0 Å². The average molecular weight is 293 g/mol. The first-order valence-electron chi connectivity index (χ1n) is 5.12. The van der Waals surface area contributed by atoms with Crippen LogP contribution < -0.4 is 10.9 Å². The van der Waals surface area contributed by atoms with Crippen molar-refractivity contribution in [2.45, 2.75) is 6.18 Å². The first-order chi connectivity index (χ1) is 8.86. The minimum atomic E-state index is -4.49. The molecule has 0 radical (unpaired) electrons. The summed E-state index contributed by atoms with van der Waals surface area (Å²) in [4.78, 5) is 10.8. The van der Waals surface area contributed by atoms with E-state index in [2.05, 4.69) is 15.6 Å². The Balaban J connectivity index is 2.05. The van der Waals surface area contributed by atoms with E-state index in [1.54, 1.807) is 0 Å². The largest absolute Gasteiger partial charge is 0.456 e. The molecule has 1 aromatic carbocycles. The van der Waals surface area contributed by atoms with Crippen LogP contribution in [0.15, 0.2) is 30.0 Å². The molecular formula is C11H8ClF3N2O2. The zero-order valence-corrected chi connectivity index (χ0v) is 10.1. The summed E-state index contributed by atoms with van der Waals surface area (Å²) in [5.74, 6) is -0.477. The monoisotopic (exact) mass is 292 g/mol. The number of nitrogens with one attached hydrogen (secondary N) is 2. The van der Waals surface area contributed by atoms with Gasteiger partial charge in [0, 0.05) is 6.08 Å². The molecule has 0 unspecified atom stereocenters. The molecule has 0 fully saturated rings. The smallest absolute Gasteiger partial charge is 0.417 e. The normalized spacial score (nSPS) is 14.9. The predicted molar refractivity (Wildman–Crippen MR) is 62.3 cm³/mol. The molecule has 0 bridgehead atoms. The molecule has 1 aliphatic rings. The van der Waals surface area contributed by atoms with Crippen molar-refractivity contribution in [3.8, 4) is 0 Å². The topological polar surface area (TPSA) is 50.4 Å². The van der Waals surface area contributed by atoms with E-state index in [-0.39, 0.29) is 6.61 Å². The number of carbonyl (C=O) groups is 1. The minimum Gasteiger partial charge on any atom is -0.456 e. The lowest BCUT2D eigenvalue weighted by Gasteiger charge is -2.13. The third-order valence-electron chi connectivity index (χ3n) is 2.30. The Bertz CT molecular complexity index is 543. The fraction of sp³-hybridized carbons (Fsp3) is 0.182. The summed E-state index contributed by atoms with van der Waals surface area (Å²) in [6.45, 7) is 0.0835. The maximum absolute atomic E-state index is 12.5. The van der Waals surface area contributed by atoms with Crippen LogP contribution in [-0.4, -0.2) is 12.6 Å². The van der Waals surface area contributed by atoms with E-state index in [1.165, 1.54) is 12.1 Å². The van der Waals surface area contributed by atoms with Gasteiger partial charge in [0.2, 0.25) is 0 Å². The lowest BCUT2D eigenvalue weighted by Crippen LogP contribution is -2.21. The van der Waals surface area contributed by atoms with Crippen LogP contribution >= 0.6 is 11.6 Å². The molecule has 1 heterocycles. The molecule has 0 saturated carbocycles. The van der Waals surface area contributed by atoms with Gasteiger partial charge in [-0.3, -0.25) is 0 Å². The number of halogens is 4. The van der Waals surface area contributed by atoms with Crippen LogP contribution in [0.3, 0.4) is 0 Å². The van der Waals surface area contributed by atoms with E-state index in [4.69, 9.17) is 11.6 Å². The molecule has 0 amide bonds. The molecule has 0 saturated heterocycles. The Morgan fingerprint density at radius 2 is 2.00 bits per heavy atom. The summed E-state index contributed by atoms with van der Waals surface area (Å²) < 4.78 is 42.0. The van der Waals surface area contributed by atoms with Gasteiger partial charge >= 0.3 is 12.1 Å². The Hall–Kier alpha value is -1.89. The molecule has 2 rings (SSSR count). The zero-order chi connectivity index (χ0) is 14.0. The summed E-state index contributed by atoms with van der Waals surface area (Å²) in [5.41, 5.74) is 5.16. The number of esters is 1. The maximum Gasteiger partial charge on any atom is 0.417 e. The van der Waals surface area contributed by atoms with E-state index in [0.29, 0.717) is 11.4 Å². The van der Waals surface area contributed by atoms with Crippen molar-refractivity contribution in [1.29, 1.82) is 0 Å². The Labute approximate surface area is 111 Å². The fourth-order valence-corrected chi connectivity index (χ4v) is 1.71. The summed E-state index contributed by atoms with van der Waals surface area (Å²) in [6.07, 6.45) is -3.25. The van der Waals surface area contributed by atoms with Gasteiger partial charge in [-0.1, -0.05) is 11.6 Å². The second-order valence-electron chi connectivity index (χ2n) is 3.72. The van der Waals surface area contributed by atoms with Crippen LogP contribution in [0.5, 0.6) is 0 Å². The van der Waals surface area contributed by atoms with Gasteiger partial charge in [-0.2, -0.15) is 13.2 Å². The van der Waals surface area contributed by atoms with Crippen molar-refractivity contribution < 1.29 is 22.7 Å². The molecule has 0 spiro atoms. The van der Waals surface area contributed by atoms with Gasteiger partial charge in [-0.05, 0) is 18.2 Å². The van der Waals surface area contributed by atoms with Gasteiger partial charge in [0.05, 0.1) is 22.0 Å². The quantitative estimate of drug-likeness (QED) is 0.664. The number of alkyl halides is 3. The number of anilines is 1. The van der Waals surface area contributed by atoms with E-state index in [1.807, 2.05) is 0 Å². The highest BCUT2D eigenvalue weighted by Crippen LogP contribution is 2.35. The lowest BCUT2D eigenvalue weighted by molar-refractivity contribution is -0.137. The SMILES string of the molecule is O=C1C=C(NNc2ccc(C(F)(F)F)c(Cl)c2)CO1. The molecular weight excluding hydrogens is 285 g/mol. The maximum atomic E-state index is 12.5. The van der Waals surface area contributed by atoms with Crippen LogP contribution in [0.25, 0.3) is 0 Å². The number of hydrogen-bond donors (Lipinski definition) is 2. The zero-order valence-electron chi connectivity index (χ0n) is 9.34. The molecule has 8 heteroatoms. The van der Waals surface area contributed by atoms with Crippen LogP contribution in [0.4, 0.5) is 18.9 Å². The molecule has 0 aliphatic carbocycles. The third kappa shape index (κ3) is 3.31. The number of hydrogen-bond acceptors (Lipinski definition) is 4. The first kappa shape index (κ1) is 13.5. The van der Waals surface area contributed by atoms with Gasteiger partial charge in [0.1, 0.15) is 6.61 Å². The Morgan fingerprint density at radius 3 is 2.53 bits per heavy atom. The predicted octanol–water partition coefficient (Wildman–Crippen LogP) is 2.72. The number of carbonyl (C=O) groups excluding carboxylic acids is 1. The molecule has 0 aromatic heterocycles. The fourth-order valence-electron chi connectivity index (χ4n) is 1.42. The second kappa shape index (κ2) is 5.00. The number of benzene rings is 1. The third-order valence-corrected chi connectivity index (χ3v) is 2.62. The molecule has 0 atom stereocenters. The summed E-state index contributed by atoms with van der Waals surface area (Å²) in [6, 6.07) is 3.23. The van der Waals surface area contributed by atoms with Crippen LogP contribution in [0.2, 0.25) is 5.02 Å². The van der Waals surface area contributed by atoms with Crippen molar-refractivity contribution >= 4 is 23.3 Å². The summed E-state index contributed by atoms with van der Waals surface area (Å²) in [7, 11) is 0. The lowest BCUT2D eigenvalue weighted by atomic mass is 10.2. The molecule has 19 heavy (non-hydrogen) atoms. The Morgan fingerprint density at radius 1 is 1.26 bits per heavy atom. The second-order valence-corrected chi connectivity index (χ2v) is 4.13. The molecule has 4 nitrogen and oxygen atoms in total. The van der Waals surface area contributed by atoms with Crippen molar-refractivity contribution in [3.05, 3.63) is 40.6 Å². The van der Waals surface area contributed by atoms with Gasteiger partial charge < -0.3 is 15.6 Å². The highest BCUT2D eigenvalue weighted by Gasteiger charge is 2.33. The average Bonchev–Trinajstić information content (AvgIpc) is 2.71. The van der Waals surface area contributed by atoms with E-state index >= 15 is 0 Å². The summed E-state index contributed by atoms with van der Waals surface area (Å²) >= 11 is 5.55. The van der Waals surface area contributed by atoms with Gasteiger partial charge in [0.15, 0.2) is 0 Å². The van der Waals surface area contributed by atoms with Crippen LogP contribution in [0.1, 0.15) is 5.56 Å². The van der Waals surface area contributed by atoms with Crippen molar-refractivity contribution in [3.63, 3.8) is 0 Å². The van der Waals surface area contributed by atoms with Crippen molar-refractivity contribution in [1.82, 2.24) is 5.43 Å². The number of rotatable bonds is 3. The number of hydrazine groups is 1. The van der Waals surface area contributed by atoms with Crippen LogP contribution in [0, 0.1) is 0 Å². The van der Waals surface area contributed by atoms with E-state index < -0.39 is 22.7 Å². The minimum absolute atomic E-state index is 0.0835. The van der Waals surface area contributed by atoms with E-state index in [0.717, 1.165) is 12.1 Å². The van der Waals surface area contributed by atoms with Crippen molar-refractivity contribution in [2.75, 3.05) is 12.0 Å². The van der Waals surface area contributed by atoms with Gasteiger partial charge in [-0.15, -0.1) is 0 Å². The highest BCUT2D eigenvalue weighted by atomic mass is 35.5. The standard InChI is InChI=1S/C11H8ClF3N2O2/c12-9-3-6(1-2-8(9)11(13,14)15)16-17-7-4-10(18)19-5-7/h1-4,16-17H,5H2. The molecule has 2 N–H and O–H groups in total. The molecule has 102 valence electrons. The molecule has 1 aliphatic heterocycles. The molecule has 1 aromatic rings. The first-order valence-corrected chi connectivity index (χ1v) is 5.50. The summed E-state index contributed by atoms with van der Waals surface area (Å²) in [5, 5.41) is -0.410. The van der Waals surface area contributed by atoms with Crippen LogP contribution in [-0.2, 0) is 15.7 Å². The number of ether oxygens (including phenoxy) is 1. The van der Waals surface area contributed by atoms with E-state index in [9.17, 15) is 18.0 Å². The highest BCUT2D eigenvalue weighted by molar-refractivity contribution is 6.31. The number of cyclic esters (lactones) is 1. The van der Waals surface area contributed by atoms with Gasteiger partial charge in [-0.25, -0.2) is 4.79 Å². The van der Waals surface area contributed by atoms with Gasteiger partial charge in [0.25, 0.3) is 0 Å².